The lowest BCUT2D eigenvalue weighted by molar-refractivity contribution is 0.0951. The Morgan fingerprint density at radius 2 is 1.91 bits per heavy atom. The Bertz CT molecular complexity index is 825. The van der Waals surface area contributed by atoms with Crippen LogP contribution in [0.4, 0.5) is 4.39 Å². The topological polar surface area (TPSA) is 55.1 Å². The van der Waals surface area contributed by atoms with Crippen LogP contribution in [-0.2, 0) is 6.54 Å². The molecular weight excluding hydrogens is 295 g/mol. The van der Waals surface area contributed by atoms with Crippen LogP contribution < -0.4 is 5.32 Å². The molecule has 1 amide bonds. The zero-order valence-corrected chi connectivity index (χ0v) is 12.5. The van der Waals surface area contributed by atoms with Crippen molar-refractivity contribution in [3.63, 3.8) is 0 Å². The van der Waals surface area contributed by atoms with Crippen LogP contribution in [0.15, 0.2) is 59.3 Å². The molecule has 0 aliphatic heterocycles. The molecule has 0 bridgehead atoms. The molecule has 0 spiro atoms. The number of carbonyl (C=O) groups is 1. The number of benzene rings is 2. The Hall–Kier alpha value is -2.95. The van der Waals surface area contributed by atoms with Crippen molar-refractivity contribution in [3.8, 4) is 11.3 Å². The monoisotopic (exact) mass is 310 g/mol. The summed E-state index contributed by atoms with van der Waals surface area (Å²) >= 11 is 0. The van der Waals surface area contributed by atoms with E-state index in [1.807, 2.05) is 31.2 Å². The van der Waals surface area contributed by atoms with Gasteiger partial charge < -0.3 is 9.84 Å². The molecule has 0 saturated heterocycles. The lowest BCUT2D eigenvalue weighted by atomic mass is 10.1. The molecule has 1 heterocycles. The van der Waals surface area contributed by atoms with Gasteiger partial charge in [-0.1, -0.05) is 29.4 Å². The highest BCUT2D eigenvalue weighted by Gasteiger charge is 2.17. The minimum absolute atomic E-state index is 0.283. The molecule has 1 aromatic heterocycles. The third kappa shape index (κ3) is 3.29. The molecule has 4 nitrogen and oxygen atoms in total. The average Bonchev–Trinajstić information content (AvgIpc) is 3.04. The van der Waals surface area contributed by atoms with Gasteiger partial charge in [0.1, 0.15) is 11.4 Å². The standard InChI is InChI=1S/C18H15FN2O2/c1-12-4-2-3-5-14(12)10-20-18(22)16-11-21-23-17(16)13-6-8-15(19)9-7-13/h2-9,11H,10H2,1H3,(H,20,22). The summed E-state index contributed by atoms with van der Waals surface area (Å²) in [6.07, 6.45) is 1.37. The Balaban J connectivity index is 1.77. The second kappa shape index (κ2) is 6.44. The van der Waals surface area contributed by atoms with Crippen molar-refractivity contribution in [2.75, 3.05) is 0 Å². The van der Waals surface area contributed by atoms with Crippen molar-refractivity contribution >= 4 is 5.91 Å². The normalized spacial score (nSPS) is 10.5. The fraction of sp³-hybridized carbons (Fsp3) is 0.111. The first-order valence-electron chi connectivity index (χ1n) is 7.18. The lowest BCUT2D eigenvalue weighted by Crippen LogP contribution is -2.23. The van der Waals surface area contributed by atoms with E-state index in [1.165, 1.54) is 18.3 Å². The van der Waals surface area contributed by atoms with Gasteiger partial charge in [-0.2, -0.15) is 0 Å². The van der Waals surface area contributed by atoms with Gasteiger partial charge in [0, 0.05) is 12.1 Å². The number of rotatable bonds is 4. The van der Waals surface area contributed by atoms with E-state index in [2.05, 4.69) is 10.5 Å². The Morgan fingerprint density at radius 1 is 1.17 bits per heavy atom. The van der Waals surface area contributed by atoms with Crippen LogP contribution in [0.1, 0.15) is 21.5 Å². The summed E-state index contributed by atoms with van der Waals surface area (Å²) in [7, 11) is 0. The number of halogens is 1. The van der Waals surface area contributed by atoms with Gasteiger partial charge in [0.25, 0.3) is 5.91 Å². The number of amides is 1. The molecule has 0 atom stereocenters. The fourth-order valence-corrected chi connectivity index (χ4v) is 2.29. The summed E-state index contributed by atoms with van der Waals surface area (Å²) in [4.78, 5) is 12.4. The van der Waals surface area contributed by atoms with Crippen molar-refractivity contribution in [2.45, 2.75) is 13.5 Å². The van der Waals surface area contributed by atoms with Crippen LogP contribution in [0.5, 0.6) is 0 Å². The molecular formula is C18H15FN2O2. The van der Waals surface area contributed by atoms with E-state index >= 15 is 0 Å². The molecule has 0 fully saturated rings. The molecule has 3 rings (SSSR count). The summed E-state index contributed by atoms with van der Waals surface area (Å²) in [6, 6.07) is 13.6. The highest BCUT2D eigenvalue weighted by Crippen LogP contribution is 2.23. The quantitative estimate of drug-likeness (QED) is 0.799. The molecule has 0 aliphatic carbocycles. The van der Waals surface area contributed by atoms with Crippen LogP contribution in [0.25, 0.3) is 11.3 Å². The number of hydrogen-bond donors (Lipinski definition) is 1. The predicted molar refractivity (Wildman–Crippen MR) is 84.2 cm³/mol. The summed E-state index contributed by atoms with van der Waals surface area (Å²) < 4.78 is 18.2. The van der Waals surface area contributed by atoms with Crippen molar-refractivity contribution in [3.05, 3.63) is 77.2 Å². The maximum atomic E-state index is 13.0. The van der Waals surface area contributed by atoms with Crippen LogP contribution in [0.2, 0.25) is 0 Å². The van der Waals surface area contributed by atoms with E-state index in [-0.39, 0.29) is 11.7 Å². The molecule has 0 radical (unpaired) electrons. The minimum atomic E-state index is -0.348. The molecule has 1 N–H and O–H groups in total. The Labute approximate surface area is 132 Å². The molecule has 0 unspecified atom stereocenters. The summed E-state index contributed by atoms with van der Waals surface area (Å²) in [5.74, 6) is -0.306. The van der Waals surface area contributed by atoms with E-state index in [9.17, 15) is 9.18 Å². The summed E-state index contributed by atoms with van der Waals surface area (Å²) in [5, 5.41) is 6.54. The van der Waals surface area contributed by atoms with E-state index < -0.39 is 0 Å². The first-order chi connectivity index (χ1) is 11.1. The van der Waals surface area contributed by atoms with E-state index in [1.54, 1.807) is 12.1 Å². The van der Waals surface area contributed by atoms with Gasteiger partial charge in [-0.25, -0.2) is 4.39 Å². The molecule has 5 heteroatoms. The maximum Gasteiger partial charge on any atom is 0.257 e. The van der Waals surface area contributed by atoms with E-state index in [4.69, 9.17) is 4.52 Å². The SMILES string of the molecule is Cc1ccccc1CNC(=O)c1cnoc1-c1ccc(F)cc1. The second-order valence-electron chi connectivity index (χ2n) is 5.18. The van der Waals surface area contributed by atoms with Gasteiger partial charge >= 0.3 is 0 Å². The predicted octanol–water partition coefficient (Wildman–Crippen LogP) is 3.72. The third-order valence-corrected chi connectivity index (χ3v) is 3.62. The van der Waals surface area contributed by atoms with Gasteiger partial charge in [0.05, 0.1) is 6.20 Å². The van der Waals surface area contributed by atoms with E-state index in [0.29, 0.717) is 23.4 Å². The lowest BCUT2D eigenvalue weighted by Gasteiger charge is -2.07. The fourth-order valence-electron chi connectivity index (χ4n) is 2.29. The number of aromatic nitrogens is 1. The zero-order valence-electron chi connectivity index (χ0n) is 12.5. The first-order valence-corrected chi connectivity index (χ1v) is 7.18. The number of nitrogens with zero attached hydrogens (tertiary/aromatic N) is 1. The number of aryl methyl sites for hydroxylation is 1. The van der Waals surface area contributed by atoms with E-state index in [0.717, 1.165) is 11.1 Å². The smallest absolute Gasteiger partial charge is 0.257 e. The Morgan fingerprint density at radius 3 is 2.65 bits per heavy atom. The zero-order chi connectivity index (χ0) is 16.2. The van der Waals surface area contributed by atoms with Crippen molar-refractivity contribution in [1.82, 2.24) is 10.5 Å². The van der Waals surface area contributed by atoms with Crippen molar-refractivity contribution in [1.29, 1.82) is 0 Å². The van der Waals surface area contributed by atoms with Gasteiger partial charge in [0.2, 0.25) is 0 Å². The average molecular weight is 310 g/mol. The largest absolute Gasteiger partial charge is 0.355 e. The number of hydrogen-bond acceptors (Lipinski definition) is 3. The van der Waals surface area contributed by atoms with Gasteiger partial charge in [0.15, 0.2) is 5.76 Å². The Kier molecular flexibility index (Phi) is 4.19. The highest BCUT2D eigenvalue weighted by molar-refractivity contribution is 5.99. The summed E-state index contributed by atoms with van der Waals surface area (Å²) in [6.45, 7) is 2.41. The maximum absolute atomic E-state index is 13.0. The van der Waals surface area contributed by atoms with Crippen molar-refractivity contribution < 1.29 is 13.7 Å². The first kappa shape index (κ1) is 15.0. The molecule has 0 aliphatic rings. The van der Waals surface area contributed by atoms with Crippen molar-refractivity contribution in [2.24, 2.45) is 0 Å². The molecule has 116 valence electrons. The van der Waals surface area contributed by atoms with Crippen LogP contribution in [-0.4, -0.2) is 11.1 Å². The number of nitrogens with one attached hydrogen (secondary N) is 1. The third-order valence-electron chi connectivity index (χ3n) is 3.62. The van der Waals surface area contributed by atoms with Gasteiger partial charge in [-0.15, -0.1) is 0 Å². The van der Waals surface area contributed by atoms with Crippen LogP contribution >= 0.6 is 0 Å². The summed E-state index contributed by atoms with van der Waals surface area (Å²) in [5.41, 5.74) is 3.08. The molecule has 0 saturated carbocycles. The number of carbonyl (C=O) groups excluding carboxylic acids is 1. The molecule has 2 aromatic carbocycles. The molecule has 3 aromatic rings. The highest BCUT2D eigenvalue weighted by atomic mass is 19.1. The van der Waals surface area contributed by atoms with Gasteiger partial charge in [-0.3, -0.25) is 4.79 Å². The minimum Gasteiger partial charge on any atom is -0.355 e. The second-order valence-corrected chi connectivity index (χ2v) is 5.18. The van der Waals surface area contributed by atoms with Crippen LogP contribution in [0, 0.1) is 12.7 Å². The van der Waals surface area contributed by atoms with Crippen LogP contribution in [0.3, 0.4) is 0 Å². The molecule has 23 heavy (non-hydrogen) atoms. The van der Waals surface area contributed by atoms with Gasteiger partial charge in [-0.05, 0) is 42.3 Å².